The summed E-state index contributed by atoms with van der Waals surface area (Å²) in [4.78, 5) is 24.8. The monoisotopic (exact) mass is 340 g/mol. The van der Waals surface area contributed by atoms with Gasteiger partial charge >= 0.3 is 0 Å². The Bertz CT molecular complexity index is 867. The Morgan fingerprint density at radius 1 is 1.36 bits per heavy atom. The Labute approximate surface area is 145 Å². The van der Waals surface area contributed by atoms with Gasteiger partial charge in [0.1, 0.15) is 17.8 Å². The topological polar surface area (TPSA) is 98.7 Å². The Kier molecular flexibility index (Phi) is 4.87. The Hall–Kier alpha value is -3.03. The highest BCUT2D eigenvalue weighted by Gasteiger charge is 2.12. The molecule has 8 nitrogen and oxygen atoms in total. The molecule has 0 spiro atoms. The third-order valence-electron chi connectivity index (χ3n) is 3.61. The molecule has 0 aliphatic heterocycles. The lowest BCUT2D eigenvalue weighted by Crippen LogP contribution is -2.25. The summed E-state index contributed by atoms with van der Waals surface area (Å²) in [5, 5.41) is 6.65. The molecule has 25 heavy (non-hydrogen) atoms. The highest BCUT2D eigenvalue weighted by atomic mass is 16.5. The number of nitrogens with zero attached hydrogens (tertiary/aromatic N) is 5. The molecule has 1 amide bonds. The van der Waals surface area contributed by atoms with Crippen LogP contribution in [0.4, 0.5) is 0 Å². The zero-order valence-electron chi connectivity index (χ0n) is 14.4. The van der Waals surface area contributed by atoms with Crippen LogP contribution in [-0.2, 0) is 0 Å². The molecule has 0 unspecified atom stereocenters. The van der Waals surface area contributed by atoms with E-state index in [1.807, 2.05) is 0 Å². The SMILES string of the molecule is Cc1noc(-c2ccnc(-n3cnc(C(=O)NCCC(C)C)c3)c2)n1. The molecule has 0 aliphatic rings. The largest absolute Gasteiger partial charge is 0.351 e. The van der Waals surface area contributed by atoms with Gasteiger partial charge in [0.15, 0.2) is 5.82 Å². The molecule has 3 heterocycles. The normalized spacial score (nSPS) is 11.0. The number of aryl methyl sites for hydroxylation is 1. The Morgan fingerprint density at radius 3 is 2.92 bits per heavy atom. The van der Waals surface area contributed by atoms with Gasteiger partial charge in [-0.05, 0) is 31.4 Å². The van der Waals surface area contributed by atoms with Crippen LogP contribution in [0.5, 0.6) is 0 Å². The van der Waals surface area contributed by atoms with Gasteiger partial charge < -0.3 is 9.84 Å². The van der Waals surface area contributed by atoms with Gasteiger partial charge in [-0.15, -0.1) is 0 Å². The molecule has 0 aliphatic carbocycles. The quantitative estimate of drug-likeness (QED) is 0.740. The molecule has 0 fully saturated rings. The number of hydrogen-bond acceptors (Lipinski definition) is 6. The van der Waals surface area contributed by atoms with E-state index < -0.39 is 0 Å². The van der Waals surface area contributed by atoms with Gasteiger partial charge in [0.2, 0.25) is 0 Å². The van der Waals surface area contributed by atoms with Crippen molar-refractivity contribution in [3.63, 3.8) is 0 Å². The van der Waals surface area contributed by atoms with Crippen LogP contribution in [-0.4, -0.2) is 37.1 Å². The smallest absolute Gasteiger partial charge is 0.271 e. The summed E-state index contributed by atoms with van der Waals surface area (Å²) in [6, 6.07) is 3.59. The van der Waals surface area contributed by atoms with Gasteiger partial charge in [-0.25, -0.2) is 9.97 Å². The van der Waals surface area contributed by atoms with E-state index >= 15 is 0 Å². The van der Waals surface area contributed by atoms with Crippen molar-refractivity contribution in [2.75, 3.05) is 6.54 Å². The minimum Gasteiger partial charge on any atom is -0.351 e. The van der Waals surface area contributed by atoms with Crippen LogP contribution in [0.2, 0.25) is 0 Å². The molecular weight excluding hydrogens is 320 g/mol. The molecule has 3 aromatic rings. The maximum absolute atomic E-state index is 12.1. The molecule has 3 rings (SSSR count). The number of aromatic nitrogens is 5. The number of amides is 1. The fourth-order valence-corrected chi connectivity index (χ4v) is 2.24. The number of pyridine rings is 1. The first-order valence-corrected chi connectivity index (χ1v) is 8.12. The summed E-state index contributed by atoms with van der Waals surface area (Å²) in [6.45, 7) is 6.62. The maximum atomic E-state index is 12.1. The molecule has 8 heteroatoms. The van der Waals surface area contributed by atoms with E-state index in [4.69, 9.17) is 4.52 Å². The molecule has 0 aromatic carbocycles. The van der Waals surface area contributed by atoms with Gasteiger partial charge in [-0.1, -0.05) is 19.0 Å². The molecule has 3 aromatic heterocycles. The van der Waals surface area contributed by atoms with Crippen molar-refractivity contribution in [1.29, 1.82) is 0 Å². The molecule has 0 saturated carbocycles. The first-order chi connectivity index (χ1) is 12.0. The number of hydrogen-bond donors (Lipinski definition) is 1. The second kappa shape index (κ2) is 7.25. The first-order valence-electron chi connectivity index (χ1n) is 8.12. The fourth-order valence-electron chi connectivity index (χ4n) is 2.24. The van der Waals surface area contributed by atoms with Crippen molar-refractivity contribution in [2.45, 2.75) is 27.2 Å². The number of carbonyl (C=O) groups excluding carboxylic acids is 1. The second-order valence-electron chi connectivity index (χ2n) is 6.15. The van der Waals surface area contributed by atoms with E-state index in [1.165, 1.54) is 0 Å². The van der Waals surface area contributed by atoms with Gasteiger partial charge in [0.25, 0.3) is 11.8 Å². The third kappa shape index (κ3) is 4.09. The van der Waals surface area contributed by atoms with Crippen molar-refractivity contribution in [1.82, 2.24) is 30.0 Å². The Morgan fingerprint density at radius 2 is 2.20 bits per heavy atom. The molecule has 0 bridgehead atoms. The van der Waals surface area contributed by atoms with Crippen molar-refractivity contribution in [2.24, 2.45) is 5.92 Å². The molecular formula is C17H20N6O2. The summed E-state index contributed by atoms with van der Waals surface area (Å²) in [6.07, 6.45) is 5.78. The molecule has 130 valence electrons. The third-order valence-corrected chi connectivity index (χ3v) is 3.61. The zero-order chi connectivity index (χ0) is 17.8. The average molecular weight is 340 g/mol. The summed E-state index contributed by atoms with van der Waals surface area (Å²) in [7, 11) is 0. The number of carbonyl (C=O) groups is 1. The highest BCUT2D eigenvalue weighted by Crippen LogP contribution is 2.19. The van der Waals surface area contributed by atoms with Crippen molar-refractivity contribution >= 4 is 5.91 Å². The summed E-state index contributed by atoms with van der Waals surface area (Å²) in [5.74, 6) is 1.95. The average Bonchev–Trinajstić information content (AvgIpc) is 3.24. The van der Waals surface area contributed by atoms with Crippen LogP contribution < -0.4 is 5.32 Å². The van der Waals surface area contributed by atoms with Crippen LogP contribution >= 0.6 is 0 Å². The minimum atomic E-state index is -0.192. The number of rotatable bonds is 6. The van der Waals surface area contributed by atoms with E-state index in [2.05, 4.69) is 39.3 Å². The van der Waals surface area contributed by atoms with Crippen LogP contribution in [0.3, 0.4) is 0 Å². The van der Waals surface area contributed by atoms with Crippen molar-refractivity contribution < 1.29 is 9.32 Å². The maximum Gasteiger partial charge on any atom is 0.271 e. The zero-order valence-corrected chi connectivity index (χ0v) is 14.4. The molecule has 1 N–H and O–H groups in total. The lowest BCUT2D eigenvalue weighted by molar-refractivity contribution is 0.0947. The lowest BCUT2D eigenvalue weighted by Gasteiger charge is -2.05. The predicted octanol–water partition coefficient (Wildman–Crippen LogP) is 2.40. The summed E-state index contributed by atoms with van der Waals surface area (Å²) in [5.41, 5.74) is 1.10. The minimum absolute atomic E-state index is 0.192. The van der Waals surface area contributed by atoms with Crippen molar-refractivity contribution in [3.8, 4) is 17.3 Å². The van der Waals surface area contributed by atoms with Crippen LogP contribution in [0.1, 0.15) is 36.6 Å². The first kappa shape index (κ1) is 16.8. The molecule has 0 saturated heterocycles. The molecule has 0 radical (unpaired) electrons. The second-order valence-corrected chi connectivity index (χ2v) is 6.15. The Balaban J connectivity index is 1.75. The van der Waals surface area contributed by atoms with E-state index in [9.17, 15) is 4.79 Å². The van der Waals surface area contributed by atoms with E-state index in [1.54, 1.807) is 42.3 Å². The lowest BCUT2D eigenvalue weighted by atomic mass is 10.1. The standard InChI is InChI=1S/C17H20N6O2/c1-11(2)4-6-19-16(24)14-9-23(10-20-14)15-8-13(5-7-18-15)17-21-12(3)22-25-17/h5,7-11H,4,6H2,1-3H3,(H,19,24). The van der Waals surface area contributed by atoms with Gasteiger partial charge in [-0.3, -0.25) is 9.36 Å². The van der Waals surface area contributed by atoms with Crippen LogP contribution in [0.25, 0.3) is 17.3 Å². The molecule has 0 atom stereocenters. The van der Waals surface area contributed by atoms with Gasteiger partial charge in [0, 0.05) is 24.5 Å². The van der Waals surface area contributed by atoms with E-state index in [0.29, 0.717) is 35.7 Å². The van der Waals surface area contributed by atoms with Crippen LogP contribution in [0.15, 0.2) is 35.4 Å². The van der Waals surface area contributed by atoms with Gasteiger partial charge in [-0.2, -0.15) is 4.98 Å². The highest BCUT2D eigenvalue weighted by molar-refractivity contribution is 5.92. The summed E-state index contributed by atoms with van der Waals surface area (Å²) >= 11 is 0. The predicted molar refractivity (Wildman–Crippen MR) is 91.2 cm³/mol. The fraction of sp³-hybridized carbons (Fsp3) is 0.353. The van der Waals surface area contributed by atoms with Crippen molar-refractivity contribution in [3.05, 3.63) is 42.4 Å². The summed E-state index contributed by atoms with van der Waals surface area (Å²) < 4.78 is 6.85. The van der Waals surface area contributed by atoms with Crippen LogP contribution in [0, 0.1) is 12.8 Å². The van der Waals surface area contributed by atoms with Gasteiger partial charge in [0.05, 0.1) is 0 Å². The number of nitrogens with one attached hydrogen (secondary N) is 1. The number of imidazole rings is 1. The van der Waals surface area contributed by atoms with E-state index in [-0.39, 0.29) is 5.91 Å². The van der Waals surface area contributed by atoms with E-state index in [0.717, 1.165) is 12.0 Å².